The maximum atomic E-state index is 12.0. The van der Waals surface area contributed by atoms with Gasteiger partial charge in [0.25, 0.3) is 11.6 Å². The third kappa shape index (κ3) is 4.05. The van der Waals surface area contributed by atoms with E-state index >= 15 is 0 Å². The summed E-state index contributed by atoms with van der Waals surface area (Å²) in [5, 5.41) is 12.5. The van der Waals surface area contributed by atoms with Gasteiger partial charge in [-0.25, -0.2) is 0 Å². The molecule has 0 bridgehead atoms. The molecule has 0 radical (unpaired) electrons. The monoisotopic (exact) mass is 320 g/mol. The highest BCUT2D eigenvalue weighted by Crippen LogP contribution is 2.19. The summed E-state index contributed by atoms with van der Waals surface area (Å²) in [6.07, 6.45) is 0. The number of non-ortho nitro benzene ring substituents is 1. The van der Waals surface area contributed by atoms with E-state index in [0.29, 0.717) is 12.3 Å². The lowest BCUT2D eigenvalue weighted by atomic mass is 10.3. The number of thiophene rings is 1. The maximum absolute atomic E-state index is 12.0. The molecule has 0 atom stereocenters. The normalized spacial score (nSPS) is 10.3. The van der Waals surface area contributed by atoms with Crippen LogP contribution in [0.15, 0.2) is 35.7 Å². The predicted molar refractivity (Wildman–Crippen MR) is 84.1 cm³/mol. The number of benzene rings is 1. The average Bonchev–Trinajstić information content (AvgIpc) is 2.90. The van der Waals surface area contributed by atoms with Crippen molar-refractivity contribution < 1.29 is 14.5 Å². The Balaban J connectivity index is 1.86. The number of aryl methyl sites for hydroxylation is 1. The Kier molecular flexibility index (Phi) is 5.11. The molecule has 0 saturated heterocycles. The molecule has 0 fully saturated rings. The van der Waals surface area contributed by atoms with Gasteiger partial charge in [-0.1, -0.05) is 0 Å². The minimum absolute atomic E-state index is 0.0102. The second kappa shape index (κ2) is 7.04. The van der Waals surface area contributed by atoms with Crippen LogP contribution in [0, 0.1) is 17.0 Å². The summed E-state index contributed by atoms with van der Waals surface area (Å²) in [7, 11) is 1.72. The van der Waals surface area contributed by atoms with Crippen LogP contribution in [0.3, 0.4) is 0 Å². The molecule has 2 rings (SSSR count). The molecule has 6 nitrogen and oxygen atoms in total. The first-order valence-electron chi connectivity index (χ1n) is 6.61. The van der Waals surface area contributed by atoms with Gasteiger partial charge in [0.05, 0.1) is 11.5 Å². The standard InChI is InChI=1S/C15H16N2O4S/c1-11-7-8-22-14(11)9-16(2)15(18)10-21-13-5-3-12(4-6-13)17(19)20/h3-8H,9-10H2,1-2H3. The molecule has 0 aliphatic heterocycles. The van der Waals surface area contributed by atoms with E-state index in [1.165, 1.54) is 29.8 Å². The number of hydrogen-bond acceptors (Lipinski definition) is 5. The highest BCUT2D eigenvalue weighted by atomic mass is 32.1. The van der Waals surface area contributed by atoms with Gasteiger partial charge in [0.1, 0.15) is 5.75 Å². The third-order valence-corrected chi connectivity index (χ3v) is 4.19. The van der Waals surface area contributed by atoms with Crippen LogP contribution in [0.1, 0.15) is 10.4 Å². The van der Waals surface area contributed by atoms with Crippen molar-refractivity contribution in [2.75, 3.05) is 13.7 Å². The van der Waals surface area contributed by atoms with Crippen LogP contribution in [0.4, 0.5) is 5.69 Å². The van der Waals surface area contributed by atoms with Crippen molar-refractivity contribution in [1.82, 2.24) is 4.90 Å². The van der Waals surface area contributed by atoms with Crippen molar-refractivity contribution in [2.45, 2.75) is 13.5 Å². The number of amides is 1. The molecular weight excluding hydrogens is 304 g/mol. The van der Waals surface area contributed by atoms with E-state index in [-0.39, 0.29) is 18.2 Å². The lowest BCUT2D eigenvalue weighted by Crippen LogP contribution is -2.30. The van der Waals surface area contributed by atoms with Crippen LogP contribution < -0.4 is 4.74 Å². The predicted octanol–water partition coefficient (Wildman–Crippen LogP) is 3.00. The Morgan fingerprint density at radius 2 is 2.00 bits per heavy atom. The first kappa shape index (κ1) is 16.0. The van der Waals surface area contributed by atoms with Crippen molar-refractivity contribution in [3.05, 3.63) is 56.3 Å². The fourth-order valence-electron chi connectivity index (χ4n) is 1.79. The minimum Gasteiger partial charge on any atom is -0.484 e. The van der Waals surface area contributed by atoms with Gasteiger partial charge in [0.15, 0.2) is 6.61 Å². The van der Waals surface area contributed by atoms with Crippen molar-refractivity contribution in [2.24, 2.45) is 0 Å². The second-order valence-corrected chi connectivity index (χ2v) is 5.82. The first-order chi connectivity index (χ1) is 10.5. The van der Waals surface area contributed by atoms with Crippen LogP contribution in [-0.4, -0.2) is 29.4 Å². The molecule has 0 aliphatic carbocycles. The summed E-state index contributed by atoms with van der Waals surface area (Å²) in [5.41, 5.74) is 1.16. The van der Waals surface area contributed by atoms with Gasteiger partial charge in [-0.15, -0.1) is 11.3 Å². The average molecular weight is 320 g/mol. The van der Waals surface area contributed by atoms with Gasteiger partial charge in [0.2, 0.25) is 0 Å². The number of nitro benzene ring substituents is 1. The second-order valence-electron chi connectivity index (χ2n) is 4.82. The molecule has 1 aromatic carbocycles. The summed E-state index contributed by atoms with van der Waals surface area (Å²) in [5.74, 6) is 0.283. The summed E-state index contributed by atoms with van der Waals surface area (Å²) >= 11 is 1.62. The number of rotatable bonds is 6. The summed E-state index contributed by atoms with van der Waals surface area (Å²) in [6.45, 7) is 2.46. The SMILES string of the molecule is Cc1ccsc1CN(C)C(=O)COc1ccc([N+](=O)[O-])cc1. The first-order valence-corrected chi connectivity index (χ1v) is 7.49. The number of nitrogens with zero attached hydrogens (tertiary/aromatic N) is 2. The topological polar surface area (TPSA) is 72.7 Å². The van der Waals surface area contributed by atoms with Crippen molar-refractivity contribution >= 4 is 22.9 Å². The maximum Gasteiger partial charge on any atom is 0.269 e. The molecule has 0 saturated carbocycles. The zero-order valence-corrected chi connectivity index (χ0v) is 13.1. The van der Waals surface area contributed by atoms with Crippen molar-refractivity contribution in [3.63, 3.8) is 0 Å². The summed E-state index contributed by atoms with van der Waals surface area (Å²) in [6, 6.07) is 7.67. The quantitative estimate of drug-likeness (QED) is 0.606. The summed E-state index contributed by atoms with van der Waals surface area (Å²) < 4.78 is 5.36. The number of hydrogen-bond donors (Lipinski definition) is 0. The highest BCUT2D eigenvalue weighted by molar-refractivity contribution is 7.10. The third-order valence-electron chi connectivity index (χ3n) is 3.18. The zero-order valence-electron chi connectivity index (χ0n) is 12.3. The van der Waals surface area contributed by atoms with Crippen LogP contribution in [0.5, 0.6) is 5.75 Å². The molecule has 2 aromatic rings. The molecule has 1 heterocycles. The number of carbonyl (C=O) groups is 1. The van der Waals surface area contributed by atoms with E-state index in [1.807, 2.05) is 18.4 Å². The van der Waals surface area contributed by atoms with Gasteiger partial charge >= 0.3 is 0 Å². The number of ether oxygens (including phenoxy) is 1. The Morgan fingerprint density at radius 3 is 2.55 bits per heavy atom. The van der Waals surface area contributed by atoms with Crippen molar-refractivity contribution in [3.8, 4) is 5.75 Å². The molecule has 0 unspecified atom stereocenters. The fourth-order valence-corrected chi connectivity index (χ4v) is 2.75. The Bertz CT molecular complexity index is 666. The van der Waals surface area contributed by atoms with E-state index in [0.717, 1.165) is 4.88 Å². The molecule has 7 heteroatoms. The zero-order chi connectivity index (χ0) is 16.1. The molecule has 1 amide bonds. The van der Waals surface area contributed by atoms with Gasteiger partial charge < -0.3 is 9.64 Å². The Labute approximate surface area is 132 Å². The van der Waals surface area contributed by atoms with Gasteiger partial charge in [-0.3, -0.25) is 14.9 Å². The minimum atomic E-state index is -0.480. The Morgan fingerprint density at radius 1 is 1.32 bits per heavy atom. The molecule has 1 aromatic heterocycles. The van der Waals surface area contributed by atoms with E-state index in [9.17, 15) is 14.9 Å². The molecule has 0 N–H and O–H groups in total. The lowest BCUT2D eigenvalue weighted by molar-refractivity contribution is -0.384. The van der Waals surface area contributed by atoms with E-state index < -0.39 is 4.92 Å². The van der Waals surface area contributed by atoms with E-state index in [1.54, 1.807) is 23.3 Å². The van der Waals surface area contributed by atoms with Crippen LogP contribution in [0.2, 0.25) is 0 Å². The van der Waals surface area contributed by atoms with Gasteiger partial charge in [0, 0.05) is 24.1 Å². The van der Waals surface area contributed by atoms with Gasteiger partial charge in [-0.2, -0.15) is 0 Å². The largest absolute Gasteiger partial charge is 0.484 e. The molecule has 0 spiro atoms. The van der Waals surface area contributed by atoms with Crippen molar-refractivity contribution in [1.29, 1.82) is 0 Å². The van der Waals surface area contributed by atoms with E-state index in [2.05, 4.69) is 0 Å². The van der Waals surface area contributed by atoms with Gasteiger partial charge in [-0.05, 0) is 36.1 Å². The Hall–Kier alpha value is -2.41. The highest BCUT2D eigenvalue weighted by Gasteiger charge is 2.12. The van der Waals surface area contributed by atoms with Crippen LogP contribution in [-0.2, 0) is 11.3 Å². The number of carbonyl (C=O) groups excluding carboxylic acids is 1. The smallest absolute Gasteiger partial charge is 0.269 e. The fraction of sp³-hybridized carbons (Fsp3) is 0.267. The molecule has 22 heavy (non-hydrogen) atoms. The lowest BCUT2D eigenvalue weighted by Gasteiger charge is -2.17. The van der Waals surface area contributed by atoms with Crippen LogP contribution >= 0.6 is 11.3 Å². The molecular formula is C15H16N2O4S. The summed E-state index contributed by atoms with van der Waals surface area (Å²) in [4.78, 5) is 24.8. The molecule has 116 valence electrons. The molecule has 0 aliphatic rings. The number of nitro groups is 1. The van der Waals surface area contributed by atoms with E-state index in [4.69, 9.17) is 4.74 Å². The van der Waals surface area contributed by atoms with Crippen LogP contribution in [0.25, 0.3) is 0 Å². The number of likely N-dealkylation sites (N-methyl/N-ethyl adjacent to an activating group) is 1.